The fourth-order valence-corrected chi connectivity index (χ4v) is 5.18. The lowest BCUT2D eigenvalue weighted by Gasteiger charge is -2.25. The van der Waals surface area contributed by atoms with Crippen LogP contribution in [0, 0.1) is 0 Å². The van der Waals surface area contributed by atoms with E-state index in [1.165, 1.54) is 25.1 Å². The SMILES string of the molecule is O=c1cc2c(nn1CC1CCCN1Cc1nccn1C1CC1)CCSC2. The zero-order chi connectivity index (χ0) is 17.5. The molecule has 0 bridgehead atoms. The molecule has 0 spiro atoms. The van der Waals surface area contributed by atoms with Crippen LogP contribution < -0.4 is 5.56 Å². The van der Waals surface area contributed by atoms with Gasteiger partial charge in [-0.05, 0) is 43.5 Å². The van der Waals surface area contributed by atoms with Crippen molar-refractivity contribution in [1.29, 1.82) is 0 Å². The summed E-state index contributed by atoms with van der Waals surface area (Å²) >= 11 is 1.89. The fourth-order valence-electron chi connectivity index (χ4n) is 4.23. The van der Waals surface area contributed by atoms with E-state index in [1.54, 1.807) is 4.68 Å². The Bertz CT molecular complexity index is 856. The molecule has 7 heteroatoms. The van der Waals surface area contributed by atoms with E-state index in [9.17, 15) is 4.79 Å². The van der Waals surface area contributed by atoms with Gasteiger partial charge in [0.25, 0.3) is 5.56 Å². The number of aromatic nitrogens is 4. The average molecular weight is 372 g/mol. The quantitative estimate of drug-likeness (QED) is 0.807. The zero-order valence-corrected chi connectivity index (χ0v) is 15.8. The molecule has 1 unspecified atom stereocenters. The van der Waals surface area contributed by atoms with Gasteiger partial charge in [0.15, 0.2) is 0 Å². The molecule has 6 nitrogen and oxygen atoms in total. The first-order chi connectivity index (χ1) is 12.8. The maximum atomic E-state index is 12.5. The Morgan fingerprint density at radius 3 is 3.08 bits per heavy atom. The first-order valence-corrected chi connectivity index (χ1v) is 10.9. The minimum atomic E-state index is 0.0533. The molecule has 2 aromatic heterocycles. The summed E-state index contributed by atoms with van der Waals surface area (Å²) in [5, 5.41) is 4.71. The van der Waals surface area contributed by atoms with Crippen LogP contribution in [0.25, 0.3) is 0 Å². The van der Waals surface area contributed by atoms with E-state index in [4.69, 9.17) is 5.10 Å². The van der Waals surface area contributed by atoms with Crippen molar-refractivity contribution in [3.05, 3.63) is 45.9 Å². The van der Waals surface area contributed by atoms with Crippen molar-refractivity contribution in [2.75, 3.05) is 12.3 Å². The van der Waals surface area contributed by atoms with Crippen LogP contribution in [0.3, 0.4) is 0 Å². The Labute approximate surface area is 157 Å². The molecule has 2 fully saturated rings. The number of rotatable bonds is 5. The van der Waals surface area contributed by atoms with Gasteiger partial charge >= 0.3 is 0 Å². The normalized spacial score (nSPS) is 23.3. The van der Waals surface area contributed by atoms with E-state index in [-0.39, 0.29) is 5.56 Å². The van der Waals surface area contributed by atoms with Gasteiger partial charge in [-0.3, -0.25) is 9.69 Å². The maximum Gasteiger partial charge on any atom is 0.267 e. The van der Waals surface area contributed by atoms with Crippen LogP contribution >= 0.6 is 11.8 Å². The molecule has 138 valence electrons. The Kier molecular flexibility index (Phi) is 4.36. The third-order valence-corrected chi connectivity index (χ3v) is 6.83. The summed E-state index contributed by atoms with van der Waals surface area (Å²) in [6.45, 7) is 2.66. The van der Waals surface area contributed by atoms with Gasteiger partial charge in [0.1, 0.15) is 5.82 Å². The number of aryl methyl sites for hydroxylation is 1. The molecule has 1 aliphatic carbocycles. The van der Waals surface area contributed by atoms with E-state index in [0.717, 1.165) is 48.7 Å². The number of hydrogen-bond donors (Lipinski definition) is 0. The fraction of sp³-hybridized carbons (Fsp3) is 0.632. The molecule has 2 aliphatic heterocycles. The first-order valence-electron chi connectivity index (χ1n) is 9.71. The lowest BCUT2D eigenvalue weighted by Crippen LogP contribution is -2.38. The minimum Gasteiger partial charge on any atom is -0.331 e. The van der Waals surface area contributed by atoms with Crippen molar-refractivity contribution in [3.63, 3.8) is 0 Å². The lowest BCUT2D eigenvalue weighted by molar-refractivity contribution is 0.209. The highest BCUT2D eigenvalue weighted by Crippen LogP contribution is 2.36. The van der Waals surface area contributed by atoms with Gasteiger partial charge in [0, 0.05) is 42.7 Å². The number of thioether (sulfide) groups is 1. The van der Waals surface area contributed by atoms with Crippen molar-refractivity contribution < 1.29 is 0 Å². The highest BCUT2D eigenvalue weighted by atomic mass is 32.2. The number of likely N-dealkylation sites (tertiary alicyclic amines) is 1. The van der Waals surface area contributed by atoms with E-state index >= 15 is 0 Å². The summed E-state index contributed by atoms with van der Waals surface area (Å²) in [5.41, 5.74) is 2.31. The van der Waals surface area contributed by atoms with Gasteiger partial charge in [-0.15, -0.1) is 0 Å². The Morgan fingerprint density at radius 2 is 2.19 bits per heavy atom. The summed E-state index contributed by atoms with van der Waals surface area (Å²) in [4.78, 5) is 19.6. The number of nitrogens with zero attached hydrogens (tertiary/aromatic N) is 5. The zero-order valence-electron chi connectivity index (χ0n) is 15.0. The largest absolute Gasteiger partial charge is 0.331 e. The van der Waals surface area contributed by atoms with Crippen LogP contribution in [0.15, 0.2) is 23.3 Å². The van der Waals surface area contributed by atoms with Crippen molar-refractivity contribution >= 4 is 11.8 Å². The topological polar surface area (TPSA) is 56.0 Å². The van der Waals surface area contributed by atoms with Crippen LogP contribution in [0.1, 0.15) is 48.8 Å². The molecular weight excluding hydrogens is 346 g/mol. The Hall–Kier alpha value is -1.60. The second-order valence-corrected chi connectivity index (χ2v) is 8.79. The van der Waals surface area contributed by atoms with Gasteiger partial charge < -0.3 is 4.57 Å². The van der Waals surface area contributed by atoms with E-state index in [0.29, 0.717) is 18.6 Å². The molecule has 2 aromatic rings. The van der Waals surface area contributed by atoms with Gasteiger partial charge in [-0.2, -0.15) is 16.9 Å². The standard InChI is InChI=1S/C19H25N5OS/c25-19-10-14-13-26-9-5-17(14)21-24(19)11-16-2-1-7-22(16)12-18-20-6-8-23(18)15-3-4-15/h6,8,10,15-16H,1-5,7,9,11-13H2. The predicted octanol–water partition coefficient (Wildman–Crippen LogP) is 2.23. The number of fused-ring (bicyclic) bond motifs is 1. The summed E-state index contributed by atoms with van der Waals surface area (Å²) < 4.78 is 4.06. The summed E-state index contributed by atoms with van der Waals surface area (Å²) in [6, 6.07) is 2.85. The second-order valence-electron chi connectivity index (χ2n) is 7.69. The van der Waals surface area contributed by atoms with E-state index < -0.39 is 0 Å². The second kappa shape index (κ2) is 6.85. The van der Waals surface area contributed by atoms with E-state index in [1.807, 2.05) is 24.0 Å². The molecule has 0 aromatic carbocycles. The van der Waals surface area contributed by atoms with Crippen molar-refractivity contribution in [2.24, 2.45) is 0 Å². The Balaban J connectivity index is 1.33. The van der Waals surface area contributed by atoms with Crippen molar-refractivity contribution in [3.8, 4) is 0 Å². The van der Waals surface area contributed by atoms with Crippen LogP contribution in [0.2, 0.25) is 0 Å². The molecule has 0 amide bonds. The third kappa shape index (κ3) is 3.22. The van der Waals surface area contributed by atoms with Crippen LogP contribution in [0.5, 0.6) is 0 Å². The summed E-state index contributed by atoms with van der Waals surface area (Å²) in [6.07, 6.45) is 9.89. The van der Waals surface area contributed by atoms with Crippen LogP contribution in [0.4, 0.5) is 0 Å². The summed E-state index contributed by atoms with van der Waals surface area (Å²) in [7, 11) is 0. The molecule has 4 heterocycles. The van der Waals surface area contributed by atoms with E-state index in [2.05, 4.69) is 20.6 Å². The molecule has 1 atom stereocenters. The molecule has 1 saturated carbocycles. The average Bonchev–Trinajstić information content (AvgIpc) is 3.23. The van der Waals surface area contributed by atoms with Crippen molar-refractivity contribution in [2.45, 2.75) is 63.0 Å². The lowest BCUT2D eigenvalue weighted by atomic mass is 10.2. The molecule has 0 N–H and O–H groups in total. The smallest absolute Gasteiger partial charge is 0.267 e. The van der Waals surface area contributed by atoms with Gasteiger partial charge in [0.05, 0.1) is 18.8 Å². The minimum absolute atomic E-state index is 0.0533. The first kappa shape index (κ1) is 16.6. The predicted molar refractivity (Wildman–Crippen MR) is 102 cm³/mol. The molecule has 1 saturated heterocycles. The monoisotopic (exact) mass is 371 g/mol. The molecule has 0 radical (unpaired) electrons. The third-order valence-electron chi connectivity index (χ3n) is 5.82. The summed E-state index contributed by atoms with van der Waals surface area (Å²) in [5.74, 6) is 3.21. The van der Waals surface area contributed by atoms with Gasteiger partial charge in [-0.1, -0.05) is 0 Å². The van der Waals surface area contributed by atoms with Gasteiger partial charge in [-0.25, -0.2) is 9.67 Å². The number of imidazole rings is 1. The maximum absolute atomic E-state index is 12.5. The highest BCUT2D eigenvalue weighted by Gasteiger charge is 2.30. The molecule has 5 rings (SSSR count). The molecular formula is C19H25N5OS. The van der Waals surface area contributed by atoms with Crippen molar-refractivity contribution in [1.82, 2.24) is 24.2 Å². The van der Waals surface area contributed by atoms with Crippen LogP contribution in [-0.2, 0) is 25.3 Å². The number of hydrogen-bond acceptors (Lipinski definition) is 5. The molecule has 3 aliphatic rings. The highest BCUT2D eigenvalue weighted by molar-refractivity contribution is 7.98. The van der Waals surface area contributed by atoms with Crippen LogP contribution in [-0.4, -0.2) is 42.6 Å². The Morgan fingerprint density at radius 1 is 1.27 bits per heavy atom. The molecule has 26 heavy (non-hydrogen) atoms. The van der Waals surface area contributed by atoms with Gasteiger partial charge in [0.2, 0.25) is 0 Å².